The highest BCUT2D eigenvalue weighted by molar-refractivity contribution is 7.92. The Bertz CT molecular complexity index is 2450. The van der Waals surface area contributed by atoms with Crippen molar-refractivity contribution in [3.63, 3.8) is 0 Å². The van der Waals surface area contributed by atoms with Gasteiger partial charge in [0, 0.05) is 50.1 Å². The minimum atomic E-state index is -4.38. The van der Waals surface area contributed by atoms with Crippen molar-refractivity contribution in [2.24, 2.45) is 7.05 Å². The van der Waals surface area contributed by atoms with Crippen molar-refractivity contribution >= 4 is 38.5 Å². The Hall–Kier alpha value is -6.29. The Balaban J connectivity index is 1.14. The van der Waals surface area contributed by atoms with Gasteiger partial charge in [0.2, 0.25) is 0 Å². The van der Waals surface area contributed by atoms with Gasteiger partial charge in [0.15, 0.2) is 0 Å². The number of nitrogens with one attached hydrogen (secondary N) is 2. The number of sulfonamides is 1. The average Bonchev–Trinajstić information content (AvgIpc) is 3.38. The van der Waals surface area contributed by atoms with E-state index in [1.165, 1.54) is 35.1 Å². The van der Waals surface area contributed by atoms with Crippen molar-refractivity contribution in [2.45, 2.75) is 30.7 Å². The highest BCUT2D eigenvalue weighted by Crippen LogP contribution is 2.25. The fourth-order valence-corrected chi connectivity index (χ4v) is 6.49. The van der Waals surface area contributed by atoms with Gasteiger partial charge in [0.05, 0.1) is 38.9 Å². The van der Waals surface area contributed by atoms with Crippen molar-refractivity contribution < 1.29 is 31.9 Å². The number of hydrogen-bond acceptors (Lipinski definition) is 8. The highest BCUT2D eigenvalue weighted by Gasteiger charge is 2.25. The maximum absolute atomic E-state index is 15.1. The van der Waals surface area contributed by atoms with Crippen LogP contribution in [-0.2, 0) is 34.7 Å². The lowest BCUT2D eigenvalue weighted by molar-refractivity contribution is -0.139. The molecule has 1 amide bonds. The number of halogens is 2. The molecule has 0 saturated carbocycles. The Labute approximate surface area is 289 Å². The van der Waals surface area contributed by atoms with Crippen LogP contribution in [0.25, 0.3) is 27.7 Å². The van der Waals surface area contributed by atoms with E-state index in [0.29, 0.717) is 57.7 Å². The molecule has 13 nitrogen and oxygen atoms in total. The maximum Gasteiger partial charge on any atom is 0.326 e. The second-order valence-electron chi connectivity index (χ2n) is 11.5. The second kappa shape index (κ2) is 13.9. The Kier molecular flexibility index (Phi) is 9.43. The molecule has 16 heteroatoms. The van der Waals surface area contributed by atoms with Gasteiger partial charge < -0.3 is 10.4 Å². The van der Waals surface area contributed by atoms with Gasteiger partial charge in [-0.1, -0.05) is 31.2 Å². The third-order valence-corrected chi connectivity index (χ3v) is 9.54. The van der Waals surface area contributed by atoms with Crippen LogP contribution in [0, 0.1) is 11.6 Å². The molecule has 0 bridgehead atoms. The van der Waals surface area contributed by atoms with Gasteiger partial charge >= 0.3 is 5.97 Å². The number of rotatable bonds is 11. The van der Waals surface area contributed by atoms with Crippen molar-refractivity contribution in [3.05, 3.63) is 130 Å². The predicted molar refractivity (Wildman–Crippen MR) is 183 cm³/mol. The van der Waals surface area contributed by atoms with Gasteiger partial charge in [-0.15, -0.1) is 0 Å². The van der Waals surface area contributed by atoms with E-state index >= 15 is 8.78 Å². The molecule has 0 saturated heterocycles. The third-order valence-electron chi connectivity index (χ3n) is 8.16. The number of hydrogen-bond donors (Lipinski definition) is 3. The lowest BCUT2D eigenvalue weighted by atomic mass is 10.0. The number of carbonyl (C=O) groups excluding carboxylic acids is 1. The Morgan fingerprint density at radius 2 is 1.61 bits per heavy atom. The monoisotopic (exact) mass is 713 g/mol. The van der Waals surface area contributed by atoms with Crippen LogP contribution in [0.3, 0.4) is 0 Å². The number of benzene rings is 3. The van der Waals surface area contributed by atoms with Crippen LogP contribution < -0.4 is 15.6 Å². The molecular weight excluding hydrogens is 684 g/mol. The highest BCUT2D eigenvalue weighted by atomic mass is 32.2. The molecule has 3 heterocycles. The minimum absolute atomic E-state index is 0.229. The zero-order valence-corrected chi connectivity index (χ0v) is 27.9. The summed E-state index contributed by atoms with van der Waals surface area (Å²) in [4.78, 5) is 50.2. The summed E-state index contributed by atoms with van der Waals surface area (Å²) in [5, 5.41) is 12.5. The van der Waals surface area contributed by atoms with Crippen LogP contribution in [0.4, 0.5) is 14.5 Å². The number of pyridine rings is 1. The largest absolute Gasteiger partial charge is 0.480 e. The first-order valence-electron chi connectivity index (χ1n) is 15.4. The molecule has 0 aliphatic carbocycles. The van der Waals surface area contributed by atoms with E-state index in [4.69, 9.17) is 0 Å². The summed E-state index contributed by atoms with van der Waals surface area (Å²) in [5.74, 6) is -4.57. The van der Waals surface area contributed by atoms with E-state index in [1.54, 1.807) is 60.7 Å². The molecule has 3 aromatic carbocycles. The molecule has 3 N–H and O–H groups in total. The molecule has 0 fully saturated rings. The van der Waals surface area contributed by atoms with Gasteiger partial charge in [-0.2, -0.15) is 0 Å². The van der Waals surface area contributed by atoms with E-state index in [9.17, 15) is 27.9 Å². The van der Waals surface area contributed by atoms with Crippen LogP contribution in [0.15, 0.2) is 101 Å². The number of nitrogens with zero attached hydrogens (tertiary/aromatic N) is 5. The van der Waals surface area contributed by atoms with Crippen molar-refractivity contribution in [1.29, 1.82) is 0 Å². The maximum atomic E-state index is 15.1. The van der Waals surface area contributed by atoms with Gasteiger partial charge in [-0.3, -0.25) is 24.0 Å². The Morgan fingerprint density at radius 1 is 0.922 bits per heavy atom. The molecule has 260 valence electrons. The fourth-order valence-electron chi connectivity index (χ4n) is 5.43. The van der Waals surface area contributed by atoms with Gasteiger partial charge in [0.1, 0.15) is 23.5 Å². The molecule has 1 atom stereocenters. The SMILES string of the molecule is CCc1ncc(-c2ccc(S(=O)(=O)Nc3cc(F)c(C(=O)N[C@@H](Cc4ccc(-n5c(=O)c6ccncc6n5C)cc4)C(=O)O)cc3F)cc2)cn1. The number of fused-ring (bicyclic) bond motifs is 1. The summed E-state index contributed by atoms with van der Waals surface area (Å²) in [7, 11) is -2.69. The number of aryl methyl sites for hydroxylation is 2. The quantitative estimate of drug-likeness (QED) is 0.177. The zero-order chi connectivity index (χ0) is 36.4. The molecule has 0 aliphatic heterocycles. The number of aromatic nitrogens is 5. The van der Waals surface area contributed by atoms with Gasteiger partial charge in [-0.05, 0) is 47.5 Å². The fraction of sp³-hybridized carbons (Fsp3) is 0.143. The van der Waals surface area contributed by atoms with Crippen molar-refractivity contribution in [3.8, 4) is 16.8 Å². The lowest BCUT2D eigenvalue weighted by Crippen LogP contribution is -2.42. The van der Waals surface area contributed by atoms with E-state index < -0.39 is 50.8 Å². The molecule has 0 spiro atoms. The standard InChI is InChI=1S/C35H29F2N7O6S/c1-3-32-39-17-22(18-40-32)21-6-10-24(11-7-21)51(49,50)42-29-16-27(36)26(15-28(29)37)33(45)41-30(35(47)48)14-20-4-8-23(9-5-20)44-34(46)25-12-13-38-19-31(25)43(44)2/h4-13,15-19,30,42H,3,14H2,1-2H3,(H,41,45)(H,47,48)/t30-/m0/s1. The lowest BCUT2D eigenvalue weighted by Gasteiger charge is -2.16. The van der Waals surface area contributed by atoms with Crippen LogP contribution in [-0.4, -0.2) is 55.8 Å². The normalized spacial score (nSPS) is 12.1. The topological polar surface area (TPSA) is 178 Å². The van der Waals surface area contributed by atoms with E-state index in [1.807, 2.05) is 11.6 Å². The van der Waals surface area contributed by atoms with Crippen LogP contribution in [0.2, 0.25) is 0 Å². The molecule has 0 radical (unpaired) electrons. The van der Waals surface area contributed by atoms with E-state index in [0.717, 1.165) is 0 Å². The summed E-state index contributed by atoms with van der Waals surface area (Å²) in [6, 6.07) is 13.0. The Morgan fingerprint density at radius 3 is 2.24 bits per heavy atom. The smallest absolute Gasteiger partial charge is 0.326 e. The third kappa shape index (κ3) is 7.07. The summed E-state index contributed by atoms with van der Waals surface area (Å²) >= 11 is 0. The van der Waals surface area contributed by atoms with Gasteiger partial charge in [-0.25, -0.2) is 36.6 Å². The van der Waals surface area contributed by atoms with Crippen LogP contribution >= 0.6 is 0 Å². The summed E-state index contributed by atoms with van der Waals surface area (Å²) in [6.07, 6.45) is 6.71. The first-order chi connectivity index (χ1) is 24.4. The molecule has 3 aromatic heterocycles. The summed E-state index contributed by atoms with van der Waals surface area (Å²) in [6.45, 7) is 1.91. The first-order valence-corrected chi connectivity index (χ1v) is 16.9. The number of anilines is 1. The summed E-state index contributed by atoms with van der Waals surface area (Å²) < 4.78 is 61.3. The zero-order valence-electron chi connectivity index (χ0n) is 27.0. The van der Waals surface area contributed by atoms with E-state index in [2.05, 4.69) is 20.3 Å². The number of carbonyl (C=O) groups is 2. The molecular formula is C35H29F2N7O6S. The molecule has 6 aromatic rings. The molecule has 0 aliphatic rings. The molecule has 0 unspecified atom stereocenters. The molecule has 6 rings (SSSR count). The van der Waals surface area contributed by atoms with Crippen LogP contribution in [0.5, 0.6) is 0 Å². The minimum Gasteiger partial charge on any atom is -0.480 e. The van der Waals surface area contributed by atoms with Crippen LogP contribution in [0.1, 0.15) is 28.7 Å². The second-order valence-corrected chi connectivity index (χ2v) is 13.1. The van der Waals surface area contributed by atoms with Crippen molar-refractivity contribution in [2.75, 3.05) is 4.72 Å². The summed E-state index contributed by atoms with van der Waals surface area (Å²) in [5.41, 5.74) is 1.01. The number of aliphatic carboxylic acids is 1. The average molecular weight is 714 g/mol. The number of carboxylic acid groups (broad SMARTS) is 1. The van der Waals surface area contributed by atoms with Crippen molar-refractivity contribution in [1.82, 2.24) is 29.6 Å². The number of amides is 1. The number of carboxylic acids is 1. The molecule has 51 heavy (non-hydrogen) atoms. The van der Waals surface area contributed by atoms with Gasteiger partial charge in [0.25, 0.3) is 21.5 Å². The predicted octanol–water partition coefficient (Wildman–Crippen LogP) is 4.25. The first kappa shape index (κ1) is 34.6. The van der Waals surface area contributed by atoms with E-state index in [-0.39, 0.29) is 16.9 Å².